The molecule has 0 bridgehead atoms. The molecule has 6 N–H and O–H groups in total. The van der Waals surface area contributed by atoms with Gasteiger partial charge in [0.05, 0.1) is 6.04 Å². The summed E-state index contributed by atoms with van der Waals surface area (Å²) >= 11 is 0. The number of nitrogens with one attached hydrogen (secondary N) is 3. The molecule has 2 saturated carbocycles. The number of ketones is 1. The highest BCUT2D eigenvalue weighted by Gasteiger charge is 2.70. The molecule has 12 nitrogen and oxygen atoms in total. The number of piperidine rings is 1. The molecular weight excluding hydrogens is 578 g/mol. The molecule has 244 valence electrons. The fraction of sp³-hybridized carbons (Fsp3) is 0.636. The molecule has 1 heterocycles. The van der Waals surface area contributed by atoms with Gasteiger partial charge in [0.1, 0.15) is 18.1 Å². The molecule has 0 aromatic heterocycles. The summed E-state index contributed by atoms with van der Waals surface area (Å²) in [6.45, 7) is 9.46. The van der Waals surface area contributed by atoms with Crippen LogP contribution in [0.2, 0.25) is 0 Å². The number of rotatable bonds is 11. The normalized spacial score (nSPS) is 25.3. The molecular formula is C33H45N5O7. The van der Waals surface area contributed by atoms with Gasteiger partial charge in [-0.05, 0) is 64.9 Å². The van der Waals surface area contributed by atoms with E-state index in [1.807, 2.05) is 38.1 Å². The van der Waals surface area contributed by atoms with Gasteiger partial charge in [0, 0.05) is 6.54 Å². The maximum atomic E-state index is 14.5. The molecule has 1 saturated heterocycles. The third kappa shape index (κ3) is 6.55. The molecule has 3 fully saturated rings. The van der Waals surface area contributed by atoms with Crippen LogP contribution in [0.1, 0.15) is 65.0 Å². The van der Waals surface area contributed by atoms with Crippen LogP contribution in [-0.4, -0.2) is 76.2 Å². The first-order chi connectivity index (χ1) is 21.0. The lowest BCUT2D eigenvalue weighted by molar-refractivity contribution is -0.144. The topological polar surface area (TPSA) is 188 Å². The van der Waals surface area contributed by atoms with Gasteiger partial charge < -0.3 is 31.7 Å². The van der Waals surface area contributed by atoms with Gasteiger partial charge in [-0.1, -0.05) is 71.7 Å². The lowest BCUT2D eigenvalue weighted by Crippen LogP contribution is -2.61. The molecule has 45 heavy (non-hydrogen) atoms. The molecule has 3 aliphatic carbocycles. The Hall–Kier alpha value is -3.96. The van der Waals surface area contributed by atoms with E-state index in [0.29, 0.717) is 25.8 Å². The summed E-state index contributed by atoms with van der Waals surface area (Å²) in [7, 11) is 0. The van der Waals surface area contributed by atoms with Crippen molar-refractivity contribution in [2.24, 2.45) is 40.2 Å². The molecule has 0 radical (unpaired) electrons. The van der Waals surface area contributed by atoms with Crippen LogP contribution in [0.25, 0.3) is 0 Å². The number of carboxylic acids is 1. The largest absolute Gasteiger partial charge is 0.480 e. The van der Waals surface area contributed by atoms with Crippen molar-refractivity contribution >= 4 is 35.5 Å². The molecule has 1 aliphatic heterocycles. The van der Waals surface area contributed by atoms with Crippen molar-refractivity contribution in [1.29, 1.82) is 0 Å². The summed E-state index contributed by atoms with van der Waals surface area (Å²) < 4.78 is 0. The Bertz CT molecular complexity index is 1390. The van der Waals surface area contributed by atoms with Crippen molar-refractivity contribution in [3.05, 3.63) is 35.4 Å². The van der Waals surface area contributed by atoms with Crippen molar-refractivity contribution < 1.29 is 33.9 Å². The van der Waals surface area contributed by atoms with Gasteiger partial charge in [-0.3, -0.25) is 19.2 Å². The van der Waals surface area contributed by atoms with Crippen LogP contribution in [0.3, 0.4) is 0 Å². The number of carboxylic acid groups (broad SMARTS) is 1. The minimum atomic E-state index is -1.21. The fourth-order valence-electron chi connectivity index (χ4n) is 7.51. The number of carbonyl (C=O) groups is 6. The van der Waals surface area contributed by atoms with Gasteiger partial charge in [-0.25, -0.2) is 9.59 Å². The van der Waals surface area contributed by atoms with Gasteiger partial charge in [0.15, 0.2) is 0 Å². The maximum Gasteiger partial charge on any atom is 0.326 e. The summed E-state index contributed by atoms with van der Waals surface area (Å²) in [6, 6.07) is 2.80. The van der Waals surface area contributed by atoms with E-state index < -0.39 is 65.1 Å². The highest BCUT2D eigenvalue weighted by Crippen LogP contribution is 2.65. The predicted molar refractivity (Wildman–Crippen MR) is 163 cm³/mol. The van der Waals surface area contributed by atoms with Crippen molar-refractivity contribution in [3.8, 4) is 0 Å². The Balaban J connectivity index is 1.41. The lowest BCUT2D eigenvalue weighted by atomic mass is 9.87. The number of nitrogens with zero attached hydrogens (tertiary/aromatic N) is 1. The number of hydrogen-bond acceptors (Lipinski definition) is 6. The number of carbonyl (C=O) groups excluding carboxylic acids is 5. The molecule has 5 amide bonds. The van der Waals surface area contributed by atoms with Crippen LogP contribution in [0.4, 0.5) is 4.79 Å². The number of likely N-dealkylation sites (tertiary alicyclic amines) is 1. The highest BCUT2D eigenvalue weighted by atomic mass is 16.4. The molecule has 1 aromatic carbocycles. The van der Waals surface area contributed by atoms with Crippen molar-refractivity contribution in [2.45, 2.75) is 90.9 Å². The number of urea groups is 1. The third-order valence-corrected chi connectivity index (χ3v) is 10.4. The first-order valence-electron chi connectivity index (χ1n) is 15.8. The van der Waals surface area contributed by atoms with E-state index in [0.717, 1.165) is 24.0 Å². The molecule has 0 spiro atoms. The average Bonchev–Trinajstić information content (AvgIpc) is 3.70. The Kier molecular flexibility index (Phi) is 8.48. The lowest BCUT2D eigenvalue weighted by Gasteiger charge is -2.36. The van der Waals surface area contributed by atoms with E-state index in [1.54, 1.807) is 20.8 Å². The number of amides is 5. The number of primary amides is 1. The molecule has 12 heteroatoms. The second kappa shape index (κ2) is 11.8. The zero-order valence-corrected chi connectivity index (χ0v) is 26.6. The Morgan fingerprint density at radius 2 is 1.60 bits per heavy atom. The summed E-state index contributed by atoms with van der Waals surface area (Å²) in [5.41, 5.74) is 6.41. The summed E-state index contributed by atoms with van der Waals surface area (Å²) in [4.78, 5) is 79.6. The highest BCUT2D eigenvalue weighted by molar-refractivity contribution is 6.37. The maximum absolute atomic E-state index is 14.5. The minimum absolute atomic E-state index is 0.0402. The minimum Gasteiger partial charge on any atom is -0.480 e. The van der Waals surface area contributed by atoms with E-state index in [9.17, 15) is 33.9 Å². The Morgan fingerprint density at radius 1 is 1.00 bits per heavy atom. The molecule has 1 aromatic rings. The van der Waals surface area contributed by atoms with Crippen molar-refractivity contribution in [1.82, 2.24) is 20.9 Å². The predicted octanol–water partition coefficient (Wildman–Crippen LogP) is 1.39. The summed E-state index contributed by atoms with van der Waals surface area (Å²) in [5.74, 6) is -4.35. The van der Waals surface area contributed by atoms with Crippen LogP contribution in [0.15, 0.2) is 24.3 Å². The van der Waals surface area contributed by atoms with E-state index >= 15 is 0 Å². The zero-order valence-electron chi connectivity index (χ0n) is 26.6. The summed E-state index contributed by atoms with van der Waals surface area (Å²) in [6.07, 6.45) is 3.17. The van der Waals surface area contributed by atoms with E-state index in [1.165, 1.54) is 4.90 Å². The molecule has 5 rings (SSSR count). The van der Waals surface area contributed by atoms with Gasteiger partial charge in [0.2, 0.25) is 17.6 Å². The number of hydrogen-bond donors (Lipinski definition) is 5. The van der Waals surface area contributed by atoms with Gasteiger partial charge in [-0.2, -0.15) is 0 Å². The average molecular weight is 624 g/mol. The fourth-order valence-corrected chi connectivity index (χ4v) is 7.51. The summed E-state index contributed by atoms with van der Waals surface area (Å²) in [5, 5.41) is 17.9. The van der Waals surface area contributed by atoms with Crippen LogP contribution >= 0.6 is 0 Å². The Labute approximate surface area is 263 Å². The van der Waals surface area contributed by atoms with E-state index in [-0.39, 0.29) is 29.1 Å². The first-order valence-corrected chi connectivity index (χ1v) is 15.8. The van der Waals surface area contributed by atoms with Crippen LogP contribution in [0.5, 0.6) is 0 Å². The standard InChI is InChI=1S/C33H45N5O7/c1-32(2,3)26(30(43)44)37-31(45)36-23(19-13-17-8-6-7-9-18(17)14-19)29(42)38-15-20-22(33(20,4)5)24(38)28(41)35-21(12-16-10-11-16)25(39)27(34)40/h6-9,16,19-24,26H,10-15H2,1-5H3,(H2,34,40)(H,35,41)(H,43,44)(H2,36,37,45)/t20-,21?,22-,23-,24-,26?/m0/s1. The Morgan fingerprint density at radius 3 is 2.11 bits per heavy atom. The van der Waals surface area contributed by atoms with E-state index in [2.05, 4.69) is 16.0 Å². The smallest absolute Gasteiger partial charge is 0.326 e. The molecule has 2 unspecified atom stereocenters. The monoisotopic (exact) mass is 623 g/mol. The SMILES string of the molecule is CC(C)(C)C(NC(=O)N[C@H](C(=O)N1C[C@H]2[C@@H]([C@H]1C(=O)NC(CC1CC1)C(=O)C(N)=O)C2(C)C)C1Cc2ccccc2C1)C(=O)O. The first kappa shape index (κ1) is 32.4. The number of aliphatic carboxylic acids is 1. The number of fused-ring (bicyclic) bond motifs is 2. The number of Topliss-reactive ketones (excluding diaryl/α,β-unsaturated/α-hetero) is 1. The zero-order chi connectivity index (χ0) is 33.0. The van der Waals surface area contributed by atoms with Crippen LogP contribution in [-0.2, 0) is 36.8 Å². The van der Waals surface area contributed by atoms with Gasteiger partial charge in [0.25, 0.3) is 5.91 Å². The number of nitrogens with two attached hydrogens (primary N) is 1. The second-order valence-corrected chi connectivity index (χ2v) is 15.0. The molecule has 6 atom stereocenters. The van der Waals surface area contributed by atoms with Crippen molar-refractivity contribution in [2.75, 3.05) is 6.54 Å². The molecule has 4 aliphatic rings. The van der Waals surface area contributed by atoms with Gasteiger partial charge >= 0.3 is 12.0 Å². The van der Waals surface area contributed by atoms with Crippen molar-refractivity contribution in [3.63, 3.8) is 0 Å². The quantitative estimate of drug-likeness (QED) is 0.230. The number of benzene rings is 1. The van der Waals surface area contributed by atoms with E-state index in [4.69, 9.17) is 5.73 Å². The van der Waals surface area contributed by atoms with Gasteiger partial charge in [-0.15, -0.1) is 0 Å². The third-order valence-electron chi connectivity index (χ3n) is 10.4. The van der Waals surface area contributed by atoms with Crippen LogP contribution < -0.4 is 21.7 Å². The second-order valence-electron chi connectivity index (χ2n) is 15.0. The van der Waals surface area contributed by atoms with Crippen LogP contribution in [0, 0.1) is 34.5 Å².